The van der Waals surface area contributed by atoms with Gasteiger partial charge in [0.1, 0.15) is 0 Å². The van der Waals surface area contributed by atoms with Crippen LogP contribution >= 0.6 is 0 Å². The summed E-state index contributed by atoms with van der Waals surface area (Å²) in [5, 5.41) is 9.35. The summed E-state index contributed by atoms with van der Waals surface area (Å²) in [5.74, 6) is 3.32. The predicted molar refractivity (Wildman–Crippen MR) is 65.8 cm³/mol. The van der Waals surface area contributed by atoms with Crippen LogP contribution in [0.3, 0.4) is 0 Å². The van der Waals surface area contributed by atoms with Crippen LogP contribution in [0.25, 0.3) is 0 Å². The van der Waals surface area contributed by atoms with Gasteiger partial charge in [-0.25, -0.2) is 0 Å². The molecule has 0 unspecified atom stereocenters. The molecule has 0 atom stereocenters. The number of nitrogens with zero attached hydrogens (tertiary/aromatic N) is 2. The molecule has 0 aliphatic heterocycles. The van der Waals surface area contributed by atoms with Crippen molar-refractivity contribution in [2.24, 2.45) is 33.9 Å². The highest BCUT2D eigenvalue weighted by atomic mass is 15.2. The van der Waals surface area contributed by atoms with Crippen LogP contribution in [0, 0.1) is 23.7 Å². The van der Waals surface area contributed by atoms with Crippen molar-refractivity contribution < 1.29 is 0 Å². The Hall–Kier alpha value is -0.660. The molecule has 4 rings (SSSR count). The summed E-state index contributed by atoms with van der Waals surface area (Å²) in [6.45, 7) is 0. The molecule has 4 saturated carbocycles. The van der Waals surface area contributed by atoms with Gasteiger partial charge in [-0.1, -0.05) is 0 Å². The van der Waals surface area contributed by atoms with Gasteiger partial charge >= 0.3 is 0 Å². The number of rotatable bonds is 5. The minimum atomic E-state index is 0.830. The molecule has 4 aliphatic rings. The molecule has 4 fully saturated rings. The highest BCUT2D eigenvalue weighted by Gasteiger charge is 2.40. The van der Waals surface area contributed by atoms with Gasteiger partial charge in [0.15, 0.2) is 0 Å². The van der Waals surface area contributed by atoms with Gasteiger partial charge in [-0.3, -0.25) is 0 Å². The predicted octanol–water partition coefficient (Wildman–Crippen LogP) is 3.42. The smallest absolute Gasteiger partial charge is 0.0467 e. The maximum Gasteiger partial charge on any atom is 0.0467 e. The molecule has 0 bridgehead atoms. The van der Waals surface area contributed by atoms with Gasteiger partial charge in [0, 0.05) is 11.4 Å². The van der Waals surface area contributed by atoms with Gasteiger partial charge in [0.25, 0.3) is 0 Å². The topological polar surface area (TPSA) is 24.7 Å². The second-order valence-electron chi connectivity index (χ2n) is 6.15. The van der Waals surface area contributed by atoms with Crippen molar-refractivity contribution in [1.82, 2.24) is 0 Å². The third-order valence-electron chi connectivity index (χ3n) is 4.26. The van der Waals surface area contributed by atoms with Gasteiger partial charge in [-0.05, 0) is 75.0 Å². The molecule has 0 saturated heterocycles. The maximum absolute atomic E-state index is 4.68. The van der Waals surface area contributed by atoms with Crippen molar-refractivity contribution in [3.63, 3.8) is 0 Å². The summed E-state index contributed by atoms with van der Waals surface area (Å²) in [4.78, 5) is 0. The zero-order valence-corrected chi connectivity index (χ0v) is 9.86. The van der Waals surface area contributed by atoms with Crippen molar-refractivity contribution in [2.75, 3.05) is 0 Å². The highest BCUT2D eigenvalue weighted by molar-refractivity contribution is 5.95. The summed E-state index contributed by atoms with van der Waals surface area (Å²) in [6, 6.07) is 0. The van der Waals surface area contributed by atoms with Gasteiger partial charge in [-0.2, -0.15) is 10.2 Å². The SMILES string of the molecule is C1CC1C(=NN=C(C1CC1)C1CC1)C1CC1. The van der Waals surface area contributed by atoms with Crippen molar-refractivity contribution in [1.29, 1.82) is 0 Å². The molecule has 0 N–H and O–H groups in total. The van der Waals surface area contributed by atoms with Crippen LogP contribution in [0.2, 0.25) is 0 Å². The molecule has 0 heterocycles. The van der Waals surface area contributed by atoms with E-state index in [0.29, 0.717) is 0 Å². The van der Waals surface area contributed by atoms with E-state index in [1.165, 1.54) is 62.8 Å². The van der Waals surface area contributed by atoms with E-state index in [1.807, 2.05) is 0 Å². The Morgan fingerprint density at radius 3 is 0.938 bits per heavy atom. The lowest BCUT2D eigenvalue weighted by molar-refractivity contribution is 0.968. The minimum Gasteiger partial charge on any atom is -0.160 e. The summed E-state index contributed by atoms with van der Waals surface area (Å²) in [6.07, 6.45) is 11.1. The van der Waals surface area contributed by atoms with Crippen molar-refractivity contribution in [2.45, 2.75) is 51.4 Å². The zero-order chi connectivity index (χ0) is 10.5. The molecule has 0 amide bonds. The van der Waals surface area contributed by atoms with Crippen molar-refractivity contribution >= 4 is 11.4 Å². The Balaban J connectivity index is 1.54. The highest BCUT2D eigenvalue weighted by Crippen LogP contribution is 2.44. The quantitative estimate of drug-likeness (QED) is 0.497. The summed E-state index contributed by atoms with van der Waals surface area (Å²) < 4.78 is 0. The van der Waals surface area contributed by atoms with Gasteiger partial charge in [0.05, 0.1) is 0 Å². The number of hydrogen-bond acceptors (Lipinski definition) is 2. The van der Waals surface area contributed by atoms with Gasteiger partial charge in [0.2, 0.25) is 0 Å². The first kappa shape index (κ1) is 9.38. The largest absolute Gasteiger partial charge is 0.160 e. The molecule has 0 spiro atoms. The van der Waals surface area contributed by atoms with E-state index in [2.05, 4.69) is 10.2 Å². The second-order valence-corrected chi connectivity index (χ2v) is 6.15. The second kappa shape index (κ2) is 3.41. The fourth-order valence-corrected chi connectivity index (χ4v) is 2.63. The van der Waals surface area contributed by atoms with E-state index in [9.17, 15) is 0 Å². The molecular weight excluding hydrogens is 196 g/mol. The van der Waals surface area contributed by atoms with E-state index >= 15 is 0 Å². The minimum absolute atomic E-state index is 0.830. The lowest BCUT2D eigenvalue weighted by Crippen LogP contribution is -2.06. The van der Waals surface area contributed by atoms with Crippen LogP contribution in [0.5, 0.6) is 0 Å². The first-order chi connectivity index (χ1) is 7.92. The van der Waals surface area contributed by atoms with Crippen LogP contribution in [0.4, 0.5) is 0 Å². The molecule has 0 radical (unpaired) electrons. The van der Waals surface area contributed by atoms with E-state index in [4.69, 9.17) is 0 Å². The van der Waals surface area contributed by atoms with Crippen LogP contribution < -0.4 is 0 Å². The Bertz CT molecular complexity index is 289. The molecule has 0 aromatic heterocycles. The lowest BCUT2D eigenvalue weighted by Gasteiger charge is -2.02. The van der Waals surface area contributed by atoms with Crippen LogP contribution in [-0.4, -0.2) is 11.4 Å². The lowest BCUT2D eigenvalue weighted by atomic mass is 10.1. The van der Waals surface area contributed by atoms with E-state index in [0.717, 1.165) is 23.7 Å². The average Bonchev–Trinajstić information content (AvgIpc) is 3.10. The van der Waals surface area contributed by atoms with Gasteiger partial charge in [-0.15, -0.1) is 0 Å². The average molecular weight is 216 g/mol. The maximum atomic E-state index is 4.68. The Morgan fingerprint density at radius 1 is 0.500 bits per heavy atom. The molecular formula is C14H20N2. The fraction of sp³-hybridized carbons (Fsp3) is 0.857. The molecule has 86 valence electrons. The third kappa shape index (κ3) is 1.94. The first-order valence-corrected chi connectivity index (χ1v) is 7.07. The van der Waals surface area contributed by atoms with Gasteiger partial charge < -0.3 is 0 Å². The van der Waals surface area contributed by atoms with Crippen molar-refractivity contribution in [3.05, 3.63) is 0 Å². The summed E-state index contributed by atoms with van der Waals surface area (Å²) >= 11 is 0. The first-order valence-electron chi connectivity index (χ1n) is 7.07. The summed E-state index contributed by atoms with van der Waals surface area (Å²) in [7, 11) is 0. The van der Waals surface area contributed by atoms with E-state index < -0.39 is 0 Å². The van der Waals surface area contributed by atoms with Crippen molar-refractivity contribution in [3.8, 4) is 0 Å². The van der Waals surface area contributed by atoms with E-state index in [1.54, 1.807) is 0 Å². The summed E-state index contributed by atoms with van der Waals surface area (Å²) in [5.41, 5.74) is 2.94. The standard InChI is InChI=1S/C14H20N2/c1-2-9(1)13(10-3-4-10)15-16-14(11-5-6-11)12-7-8-12/h9-12H,1-8H2. The molecule has 0 aromatic rings. The fourth-order valence-electron chi connectivity index (χ4n) is 2.63. The van der Waals surface area contributed by atoms with Crippen LogP contribution in [0.15, 0.2) is 10.2 Å². The van der Waals surface area contributed by atoms with E-state index in [-0.39, 0.29) is 0 Å². The Kier molecular flexibility index (Phi) is 2.00. The van der Waals surface area contributed by atoms with Crippen LogP contribution in [0.1, 0.15) is 51.4 Å². The molecule has 4 aliphatic carbocycles. The monoisotopic (exact) mass is 216 g/mol. The normalized spacial score (nSPS) is 28.8. The molecule has 2 heteroatoms. The molecule has 16 heavy (non-hydrogen) atoms. The third-order valence-corrected chi connectivity index (χ3v) is 4.26. The molecule has 0 aromatic carbocycles. The van der Waals surface area contributed by atoms with Crippen LogP contribution in [-0.2, 0) is 0 Å². The zero-order valence-electron chi connectivity index (χ0n) is 9.86. The number of hydrogen-bond donors (Lipinski definition) is 0. The Labute approximate surface area is 97.2 Å². The molecule has 2 nitrogen and oxygen atoms in total. The Morgan fingerprint density at radius 2 is 0.750 bits per heavy atom.